The van der Waals surface area contributed by atoms with E-state index in [2.05, 4.69) is 6.58 Å². The molecule has 0 N–H and O–H groups in total. The molecule has 1 heterocycles. The smallest absolute Gasteiger partial charge is 0.131 e. The highest BCUT2D eigenvalue weighted by atomic mass is 32.2. The fourth-order valence-corrected chi connectivity index (χ4v) is 4.07. The molecule has 1 aliphatic heterocycles. The Bertz CT molecular complexity index is 666. The van der Waals surface area contributed by atoms with Gasteiger partial charge in [-0.1, -0.05) is 43.0 Å². The summed E-state index contributed by atoms with van der Waals surface area (Å²) in [5.74, 6) is 0. The predicted molar refractivity (Wildman–Crippen MR) is 99.4 cm³/mol. The van der Waals surface area contributed by atoms with Gasteiger partial charge < -0.3 is 9.47 Å². The van der Waals surface area contributed by atoms with E-state index in [0.717, 1.165) is 0 Å². The average Bonchev–Trinajstić information content (AvgIpc) is 2.62. The van der Waals surface area contributed by atoms with E-state index in [1.807, 2.05) is 25.1 Å². The third-order valence-electron chi connectivity index (χ3n) is 3.24. The third kappa shape index (κ3) is 5.81. The van der Waals surface area contributed by atoms with Gasteiger partial charge in [0.25, 0.3) is 0 Å². The molecule has 0 unspecified atom stereocenters. The van der Waals surface area contributed by atoms with Gasteiger partial charge in [-0.25, -0.2) is 8.42 Å². The largest absolute Gasteiger partial charge is 0.349 e. The molecule has 2 atom stereocenters. The van der Waals surface area contributed by atoms with Gasteiger partial charge in [0.1, 0.15) is 48.9 Å². The number of hydrogen-bond acceptors (Lipinski definition) is 4. The number of allylic oxidation sites excluding steroid dienone is 4. The zero-order chi connectivity index (χ0) is 18.1. The van der Waals surface area contributed by atoms with Gasteiger partial charge in [-0.3, -0.25) is 0 Å². The molecule has 136 valence electrons. The van der Waals surface area contributed by atoms with Gasteiger partial charge in [0.05, 0.1) is 9.80 Å². The molecule has 1 saturated heterocycles. The number of benzene rings is 1. The fraction of sp³-hybridized carbons (Fsp3) is 0.294. The van der Waals surface area contributed by atoms with E-state index in [-0.39, 0.29) is 26.9 Å². The summed E-state index contributed by atoms with van der Waals surface area (Å²) in [6.45, 7) is 5.86. The van der Waals surface area contributed by atoms with Crippen molar-refractivity contribution in [2.75, 3.05) is 26.9 Å². The summed E-state index contributed by atoms with van der Waals surface area (Å²) in [6, 6.07) is 9.12. The molecule has 0 radical (unpaired) electrons. The van der Waals surface area contributed by atoms with Crippen LogP contribution >= 0.6 is 0 Å². The Kier molecular flexibility index (Phi) is 8.39. The average molecular weight is 383 g/mol. The molecular formula is C17H22N2O4S2. The molecule has 1 aromatic rings. The van der Waals surface area contributed by atoms with Crippen LogP contribution < -0.4 is 0 Å². The minimum Gasteiger partial charge on any atom is -0.349 e. The highest BCUT2D eigenvalue weighted by Gasteiger charge is 2.22. The summed E-state index contributed by atoms with van der Waals surface area (Å²) in [7, 11) is -2.78. The van der Waals surface area contributed by atoms with Crippen LogP contribution in [0.4, 0.5) is 0 Å². The van der Waals surface area contributed by atoms with E-state index in [9.17, 15) is 8.42 Å². The van der Waals surface area contributed by atoms with E-state index >= 15 is 0 Å². The van der Waals surface area contributed by atoms with Crippen LogP contribution in [0.3, 0.4) is 0 Å². The molecule has 0 spiro atoms. The van der Waals surface area contributed by atoms with Crippen molar-refractivity contribution < 1.29 is 17.9 Å². The van der Waals surface area contributed by atoms with E-state index in [4.69, 9.17) is 9.47 Å². The molecule has 0 amide bonds. The normalized spacial score (nSPS) is 20.8. The molecule has 1 fully saturated rings. The van der Waals surface area contributed by atoms with Crippen molar-refractivity contribution in [1.82, 2.24) is 8.61 Å². The molecule has 25 heavy (non-hydrogen) atoms. The first-order valence-corrected chi connectivity index (χ1v) is 9.88. The monoisotopic (exact) mass is 382 g/mol. The van der Waals surface area contributed by atoms with Crippen molar-refractivity contribution >= 4 is 22.0 Å². The lowest BCUT2D eigenvalue weighted by Crippen LogP contribution is -2.41. The molecule has 2 rings (SSSR count). The van der Waals surface area contributed by atoms with Gasteiger partial charge in [0.15, 0.2) is 0 Å². The van der Waals surface area contributed by atoms with Gasteiger partial charge in [0.2, 0.25) is 0 Å². The summed E-state index contributed by atoms with van der Waals surface area (Å²) in [4.78, 5) is 1.32. The summed E-state index contributed by atoms with van der Waals surface area (Å²) in [6.07, 6.45) is 6.85. The van der Waals surface area contributed by atoms with Crippen molar-refractivity contribution in [2.45, 2.75) is 11.8 Å². The number of ether oxygens (including phenoxy) is 2. The zero-order valence-corrected chi connectivity index (χ0v) is 15.7. The Balaban J connectivity index is 1.96. The first kappa shape index (κ1) is 19.9. The molecule has 0 aliphatic carbocycles. The van der Waals surface area contributed by atoms with Crippen LogP contribution in [0.5, 0.6) is 0 Å². The summed E-state index contributed by atoms with van der Waals surface area (Å²) in [5, 5.41) is 0. The SMILES string of the molecule is C=C/C=C\C(=C/C)[S@@](=O)N1COCN([S@@](=O)c2ccccc2)COC1. The number of rotatable bonds is 6. The van der Waals surface area contributed by atoms with Crippen LogP contribution in [0.25, 0.3) is 0 Å². The van der Waals surface area contributed by atoms with Crippen molar-refractivity contribution in [3.05, 3.63) is 66.1 Å². The molecule has 1 aliphatic rings. The van der Waals surface area contributed by atoms with Crippen LogP contribution in [0.15, 0.2) is 71.0 Å². The number of nitrogens with zero attached hydrogens (tertiary/aromatic N) is 2. The highest BCUT2D eigenvalue weighted by molar-refractivity contribution is 7.86. The van der Waals surface area contributed by atoms with Gasteiger partial charge in [-0.2, -0.15) is 8.61 Å². The maximum Gasteiger partial charge on any atom is 0.131 e. The second kappa shape index (κ2) is 10.5. The molecule has 1 aromatic carbocycles. The standard InChI is InChI=1S/C17H22N2O4S2/c1-3-5-9-16(4-2)24(20)18-12-22-14-19(15-23-13-18)25(21)17-10-7-6-8-11-17/h3-11H,1,12-15H2,2H3/b9-5-,16-4+/t24-,25+/m1/s1. The van der Waals surface area contributed by atoms with Crippen molar-refractivity contribution in [2.24, 2.45) is 0 Å². The van der Waals surface area contributed by atoms with Crippen LogP contribution in [0.2, 0.25) is 0 Å². The molecule has 0 aromatic heterocycles. The first-order valence-electron chi connectivity index (χ1n) is 7.67. The minimum absolute atomic E-state index is 0.106. The van der Waals surface area contributed by atoms with E-state index in [1.54, 1.807) is 45.0 Å². The van der Waals surface area contributed by atoms with Gasteiger partial charge in [-0.15, -0.1) is 0 Å². The zero-order valence-electron chi connectivity index (χ0n) is 14.1. The Morgan fingerprint density at radius 1 is 1.08 bits per heavy atom. The van der Waals surface area contributed by atoms with E-state index < -0.39 is 22.0 Å². The second-order valence-corrected chi connectivity index (χ2v) is 7.96. The Hall–Kier alpha value is -1.42. The lowest BCUT2D eigenvalue weighted by molar-refractivity contribution is -0.0843. The topological polar surface area (TPSA) is 59.1 Å². The number of hydrogen-bond donors (Lipinski definition) is 0. The summed E-state index contributed by atoms with van der Waals surface area (Å²) in [5.41, 5.74) is 0. The van der Waals surface area contributed by atoms with Gasteiger partial charge >= 0.3 is 0 Å². The molecular weight excluding hydrogens is 360 g/mol. The van der Waals surface area contributed by atoms with Gasteiger partial charge in [0, 0.05) is 0 Å². The maximum atomic E-state index is 12.6. The molecule has 8 heteroatoms. The van der Waals surface area contributed by atoms with Crippen LogP contribution in [-0.4, -0.2) is 44.0 Å². The Morgan fingerprint density at radius 2 is 1.68 bits per heavy atom. The van der Waals surface area contributed by atoms with Crippen molar-refractivity contribution in [3.63, 3.8) is 0 Å². The molecule has 0 bridgehead atoms. The maximum absolute atomic E-state index is 12.6. The van der Waals surface area contributed by atoms with E-state index in [0.29, 0.717) is 9.80 Å². The highest BCUT2D eigenvalue weighted by Crippen LogP contribution is 2.15. The summed E-state index contributed by atoms with van der Waals surface area (Å²) < 4.78 is 39.4. The van der Waals surface area contributed by atoms with Gasteiger partial charge in [-0.05, 0) is 25.1 Å². The Morgan fingerprint density at radius 3 is 2.24 bits per heavy atom. The summed E-state index contributed by atoms with van der Waals surface area (Å²) >= 11 is 0. The minimum atomic E-state index is -1.41. The quantitative estimate of drug-likeness (QED) is 0.710. The van der Waals surface area contributed by atoms with Crippen LogP contribution in [-0.2, 0) is 31.4 Å². The Labute approximate surface area is 153 Å². The van der Waals surface area contributed by atoms with E-state index in [1.165, 1.54) is 0 Å². The van der Waals surface area contributed by atoms with Crippen molar-refractivity contribution in [1.29, 1.82) is 0 Å². The first-order chi connectivity index (χ1) is 12.2. The fourth-order valence-electron chi connectivity index (χ4n) is 2.01. The second-order valence-electron chi connectivity index (χ2n) is 4.99. The predicted octanol–water partition coefficient (Wildman–Crippen LogP) is 2.50. The molecule has 0 saturated carbocycles. The van der Waals surface area contributed by atoms with Crippen molar-refractivity contribution in [3.8, 4) is 0 Å². The van der Waals surface area contributed by atoms with Crippen LogP contribution in [0.1, 0.15) is 6.92 Å². The lowest BCUT2D eigenvalue weighted by Gasteiger charge is -2.28. The lowest BCUT2D eigenvalue weighted by atomic mass is 10.4. The van der Waals surface area contributed by atoms with Crippen LogP contribution in [0, 0.1) is 0 Å². The third-order valence-corrected chi connectivity index (χ3v) is 6.05. The molecule has 6 nitrogen and oxygen atoms in total.